The lowest BCUT2D eigenvalue weighted by Gasteiger charge is -2.70. The zero-order chi connectivity index (χ0) is 50.9. The number of carbonyl (C=O) groups is 2. The van der Waals surface area contributed by atoms with Crippen LogP contribution in [0.5, 0.6) is 0 Å². The summed E-state index contributed by atoms with van der Waals surface area (Å²) in [5.74, 6) is -3.46. The molecule has 6 fully saturated rings. The van der Waals surface area contributed by atoms with E-state index in [9.17, 15) is 71.2 Å². The van der Waals surface area contributed by atoms with Gasteiger partial charge < -0.3 is 94.8 Å². The molecular weight excluding hydrogens is 913 g/mol. The van der Waals surface area contributed by atoms with Crippen molar-refractivity contribution in [3.8, 4) is 0 Å². The van der Waals surface area contributed by atoms with Gasteiger partial charge in [-0.25, -0.2) is 4.79 Å². The first-order chi connectivity index (χ1) is 32.3. The molecule has 0 aromatic rings. The second-order valence-corrected chi connectivity index (χ2v) is 22.5. The van der Waals surface area contributed by atoms with Crippen molar-refractivity contribution in [3.63, 3.8) is 0 Å². The van der Waals surface area contributed by atoms with E-state index in [2.05, 4.69) is 53.3 Å². The lowest BCUT2D eigenvalue weighted by Crippen LogP contribution is -2.69. The van der Waals surface area contributed by atoms with Gasteiger partial charge in [0.1, 0.15) is 73.2 Å². The summed E-state index contributed by atoms with van der Waals surface area (Å²) in [6.07, 6.45) is -20.9. The minimum absolute atomic E-state index is 0.0829. The van der Waals surface area contributed by atoms with Crippen molar-refractivity contribution in [2.45, 2.75) is 184 Å². The zero-order valence-electron chi connectivity index (χ0n) is 40.0. The third kappa shape index (κ3) is 9.16. The molecule has 0 bridgehead atoms. The number of allylic oxidation sites excluding steroid dienone is 2. The number of rotatable bonds is 14. The topological polar surface area (TPSA) is 353 Å². The molecule has 0 aromatic heterocycles. The van der Waals surface area contributed by atoms with Crippen molar-refractivity contribution >= 4 is 11.9 Å². The molecule has 24 atom stereocenters. The zero-order valence-corrected chi connectivity index (χ0v) is 40.0. The van der Waals surface area contributed by atoms with Crippen LogP contribution in [-0.2, 0) is 38.0 Å². The van der Waals surface area contributed by atoms with Gasteiger partial charge in [-0.15, -0.1) is 0 Å². The molecule has 0 spiro atoms. The quantitative estimate of drug-likeness (QED) is 0.0519. The van der Waals surface area contributed by atoms with Crippen LogP contribution in [0.3, 0.4) is 0 Å². The molecule has 3 aliphatic heterocycles. The van der Waals surface area contributed by atoms with Crippen molar-refractivity contribution in [2.24, 2.45) is 50.7 Å². The number of aliphatic hydroxyl groups excluding tert-OH is 12. The summed E-state index contributed by atoms with van der Waals surface area (Å²) in [5.41, 5.74) is -3.61. The lowest BCUT2D eigenvalue weighted by molar-refractivity contribution is -0.364. The molecule has 21 nitrogen and oxygen atoms in total. The normalized spacial score (nSPS) is 50.6. The maximum absolute atomic E-state index is 15.3. The van der Waals surface area contributed by atoms with Gasteiger partial charge in [-0.3, -0.25) is 4.79 Å². The summed E-state index contributed by atoms with van der Waals surface area (Å²) >= 11 is 0. The highest BCUT2D eigenvalue weighted by molar-refractivity contribution is 5.86. The molecule has 13 N–H and O–H groups in total. The van der Waals surface area contributed by atoms with E-state index in [4.69, 9.17) is 28.4 Å². The van der Waals surface area contributed by atoms with Gasteiger partial charge in [0.15, 0.2) is 12.6 Å². The monoisotopic (exact) mass is 988 g/mol. The summed E-state index contributed by atoms with van der Waals surface area (Å²) in [7, 11) is 0. The Balaban J connectivity index is 1.22. The molecule has 4 aliphatic carbocycles. The number of fused-ring (bicyclic) bond motifs is 5. The van der Waals surface area contributed by atoms with Crippen LogP contribution < -0.4 is 0 Å². The number of ether oxygens (including phenoxy) is 6. The van der Waals surface area contributed by atoms with Gasteiger partial charge in [-0.05, 0) is 96.7 Å². The highest BCUT2D eigenvalue weighted by Gasteiger charge is 2.72. The molecule has 0 radical (unpaired) electrons. The maximum atomic E-state index is 15.3. The third-order valence-corrected chi connectivity index (χ3v) is 18.2. The number of carboxylic acid groups (broad SMARTS) is 1. The first-order valence-corrected chi connectivity index (χ1v) is 24.3. The van der Waals surface area contributed by atoms with Crippen LogP contribution >= 0.6 is 0 Å². The number of esters is 1. The summed E-state index contributed by atoms with van der Waals surface area (Å²) in [5, 5.41) is 139. The van der Waals surface area contributed by atoms with E-state index in [1.165, 1.54) is 0 Å². The predicted molar refractivity (Wildman–Crippen MR) is 236 cm³/mol. The molecule has 7 rings (SSSR count). The van der Waals surface area contributed by atoms with E-state index in [0.29, 0.717) is 38.5 Å². The molecule has 21 heteroatoms. The molecular formula is C48H76O21. The summed E-state index contributed by atoms with van der Waals surface area (Å²) < 4.78 is 34.8. The van der Waals surface area contributed by atoms with Crippen molar-refractivity contribution in [1.29, 1.82) is 0 Å². The number of hydrogen-bond acceptors (Lipinski definition) is 20. The fourth-order valence-corrected chi connectivity index (χ4v) is 13.9. The molecule has 0 amide bonds. The van der Waals surface area contributed by atoms with Gasteiger partial charge in [0.05, 0.1) is 31.3 Å². The van der Waals surface area contributed by atoms with Crippen LogP contribution in [0.15, 0.2) is 24.3 Å². The molecule has 0 aromatic carbocycles. The largest absolute Gasteiger partial charge is 0.478 e. The van der Waals surface area contributed by atoms with Gasteiger partial charge in [0.2, 0.25) is 6.29 Å². The third-order valence-electron chi connectivity index (χ3n) is 18.2. The van der Waals surface area contributed by atoms with Gasteiger partial charge in [-0.2, -0.15) is 0 Å². The fraction of sp³-hybridized carbons (Fsp3) is 0.875. The van der Waals surface area contributed by atoms with Crippen LogP contribution in [0.2, 0.25) is 0 Å². The van der Waals surface area contributed by atoms with E-state index in [-0.39, 0.29) is 48.2 Å². The Morgan fingerprint density at radius 1 is 0.681 bits per heavy atom. The summed E-state index contributed by atoms with van der Waals surface area (Å²) in [4.78, 5) is 27.7. The number of carboxylic acids is 1. The van der Waals surface area contributed by atoms with Gasteiger partial charge >= 0.3 is 11.9 Å². The van der Waals surface area contributed by atoms with E-state index >= 15 is 4.79 Å². The van der Waals surface area contributed by atoms with Crippen LogP contribution in [0.1, 0.15) is 86.0 Å². The molecule has 394 valence electrons. The standard InChI is InChI=1S/C48H76O21/c1-21(39(61)62)22-10-12-46(5)28(45(22,4)11-7-15-49)9-8-23-24-16-44(2,3)13-14-48(24,29(52)17-47(23,46)6)43(63)69-42-37(60)38(68-41-36(59)34(57)31(54)26(19-51)66-41)32(55)27(67-42)20-64-40-35(58)33(56)30(53)25(18-50)65-40/h8-9,22-38,40-42,49-60H,1,7,10-20H2,2-6H3,(H,61,62)/t22-,23?,24-,25+,26+,27+,28+,29+,30+,31+,32+,33-,34-,35+,36+,37+,38-,40+,41-,42-,45-,46+,47+,48+/m0/s1. The molecule has 1 unspecified atom stereocenters. The number of aliphatic carboxylic acids is 1. The first-order valence-electron chi connectivity index (χ1n) is 24.3. The van der Waals surface area contributed by atoms with Crippen molar-refractivity contribution in [1.82, 2.24) is 0 Å². The summed E-state index contributed by atoms with van der Waals surface area (Å²) in [6, 6.07) is 0. The second-order valence-electron chi connectivity index (χ2n) is 22.5. The lowest BCUT2D eigenvalue weighted by atomic mass is 9.34. The highest BCUT2D eigenvalue weighted by Crippen LogP contribution is 2.74. The van der Waals surface area contributed by atoms with Crippen LogP contribution in [0.4, 0.5) is 0 Å². The van der Waals surface area contributed by atoms with Gasteiger partial charge in [0, 0.05) is 12.2 Å². The minimum Gasteiger partial charge on any atom is -0.478 e. The maximum Gasteiger partial charge on any atom is 0.331 e. The molecule has 3 saturated carbocycles. The Labute approximate surface area is 401 Å². The Morgan fingerprint density at radius 2 is 1.28 bits per heavy atom. The predicted octanol–water partition coefficient (Wildman–Crippen LogP) is -1.80. The van der Waals surface area contributed by atoms with Crippen molar-refractivity contribution in [2.75, 3.05) is 26.4 Å². The summed E-state index contributed by atoms with van der Waals surface area (Å²) in [6.45, 7) is 12.1. The van der Waals surface area contributed by atoms with Crippen molar-refractivity contribution < 1.29 is 104 Å². The van der Waals surface area contributed by atoms with E-state index in [0.717, 1.165) is 0 Å². The van der Waals surface area contributed by atoms with E-state index in [1.807, 2.05) is 0 Å². The van der Waals surface area contributed by atoms with Crippen LogP contribution in [0.25, 0.3) is 0 Å². The molecule has 3 heterocycles. The number of carbonyl (C=O) groups excluding carboxylic acids is 1. The Hall–Kier alpha value is -2.26. The molecule has 7 aliphatic rings. The first kappa shape index (κ1) is 54.5. The Kier molecular flexibility index (Phi) is 16.0. The van der Waals surface area contributed by atoms with Crippen molar-refractivity contribution in [3.05, 3.63) is 24.3 Å². The number of aliphatic hydroxyl groups is 12. The van der Waals surface area contributed by atoms with E-state index in [1.54, 1.807) is 0 Å². The fourth-order valence-electron chi connectivity index (χ4n) is 13.9. The van der Waals surface area contributed by atoms with Crippen LogP contribution in [-0.4, -0.2) is 203 Å². The second kappa shape index (κ2) is 20.2. The van der Waals surface area contributed by atoms with Gasteiger partial charge in [-0.1, -0.05) is 53.3 Å². The molecule has 3 saturated heterocycles. The number of hydrogen-bond donors (Lipinski definition) is 13. The average Bonchev–Trinajstić information content (AvgIpc) is 3.29. The minimum atomic E-state index is -2.08. The van der Waals surface area contributed by atoms with E-state index < -0.39 is 158 Å². The van der Waals surface area contributed by atoms with Gasteiger partial charge in [0.25, 0.3) is 0 Å². The van der Waals surface area contributed by atoms with Crippen LogP contribution in [0, 0.1) is 50.7 Å². The average molecular weight is 989 g/mol. The Bertz CT molecular complexity index is 1880. The SMILES string of the molecule is C=C(C(=O)O)[C@@H]1CC[C@]2(C)[C@H](C=CC3[C@@H]4CC(C)(C)CC[C@]4(C(=O)O[C@@H]4O[C@H](CO[C@@H]5O[C@H](CO)[C@@H](O)[C@H](O)[C@H]5O)[C@@H](O)[C@H](O[C@@H]5O[C@H](CO)[C@@H](O)[C@H](O)[C@H]5O)[C@H]4O)[C@H](O)C[C@]32C)[C@@]1(C)CCCO. The smallest absolute Gasteiger partial charge is 0.331 e. The highest BCUT2D eigenvalue weighted by atomic mass is 16.8. The Morgan fingerprint density at radius 3 is 1.87 bits per heavy atom. The molecule has 69 heavy (non-hydrogen) atoms.